The van der Waals surface area contributed by atoms with Crippen LogP contribution in [0.1, 0.15) is 39.5 Å². The minimum atomic E-state index is -0.196. The molecule has 0 N–H and O–H groups in total. The molecule has 1 aliphatic rings. The smallest absolute Gasteiger partial charge is 0.139 e. The van der Waals surface area contributed by atoms with Crippen LogP contribution in [0.15, 0.2) is 12.2 Å². The lowest BCUT2D eigenvalue weighted by atomic mass is 9.70. The van der Waals surface area contributed by atoms with Crippen molar-refractivity contribution < 1.29 is 4.79 Å². The van der Waals surface area contributed by atoms with Gasteiger partial charge in [0.05, 0.1) is 0 Å². The highest BCUT2D eigenvalue weighted by Crippen LogP contribution is 2.39. The number of hydrogen-bond donors (Lipinski definition) is 0. The van der Waals surface area contributed by atoms with Gasteiger partial charge in [-0.05, 0) is 33.1 Å². The summed E-state index contributed by atoms with van der Waals surface area (Å²) in [7, 11) is 0. The third-order valence-corrected chi connectivity index (χ3v) is 2.96. The van der Waals surface area contributed by atoms with Crippen LogP contribution in [-0.4, -0.2) is 5.78 Å². The van der Waals surface area contributed by atoms with Crippen LogP contribution in [0.5, 0.6) is 0 Å². The summed E-state index contributed by atoms with van der Waals surface area (Å²) in [5.74, 6) is 0.280. The standard InChI is InChI=1S/C10H16O/c1-8-6-4-5-7-10(8,3)9(2)11/h1,4-7H2,2-3H3. The molecular formula is C10H16O. The molecule has 0 aromatic rings. The quantitative estimate of drug-likeness (QED) is 0.528. The van der Waals surface area contributed by atoms with E-state index in [0.29, 0.717) is 0 Å². The van der Waals surface area contributed by atoms with Crippen LogP contribution in [-0.2, 0) is 4.79 Å². The first-order valence-corrected chi connectivity index (χ1v) is 4.26. The van der Waals surface area contributed by atoms with E-state index >= 15 is 0 Å². The van der Waals surface area contributed by atoms with Crippen LogP contribution >= 0.6 is 0 Å². The van der Waals surface area contributed by atoms with Gasteiger partial charge in [-0.3, -0.25) is 4.79 Å². The van der Waals surface area contributed by atoms with E-state index in [-0.39, 0.29) is 11.2 Å². The van der Waals surface area contributed by atoms with Crippen molar-refractivity contribution in [3.63, 3.8) is 0 Å². The molecule has 1 heteroatoms. The third-order valence-electron chi connectivity index (χ3n) is 2.96. The lowest BCUT2D eigenvalue weighted by Gasteiger charge is -2.33. The lowest BCUT2D eigenvalue weighted by Crippen LogP contribution is -2.30. The zero-order valence-corrected chi connectivity index (χ0v) is 7.44. The highest BCUT2D eigenvalue weighted by molar-refractivity contribution is 5.85. The molecule has 0 aromatic heterocycles. The Balaban J connectivity index is 2.81. The second-order valence-electron chi connectivity index (χ2n) is 3.70. The van der Waals surface area contributed by atoms with Gasteiger partial charge in [-0.1, -0.05) is 18.6 Å². The predicted molar refractivity (Wildman–Crippen MR) is 46.4 cm³/mol. The van der Waals surface area contributed by atoms with E-state index in [1.807, 2.05) is 6.92 Å². The maximum Gasteiger partial charge on any atom is 0.139 e. The molecule has 0 spiro atoms. The highest BCUT2D eigenvalue weighted by atomic mass is 16.1. The van der Waals surface area contributed by atoms with E-state index in [4.69, 9.17) is 0 Å². The summed E-state index contributed by atoms with van der Waals surface area (Å²) in [5.41, 5.74) is 0.939. The Kier molecular flexibility index (Phi) is 2.17. The van der Waals surface area contributed by atoms with E-state index in [1.165, 1.54) is 12.8 Å². The van der Waals surface area contributed by atoms with Gasteiger partial charge in [0.2, 0.25) is 0 Å². The van der Waals surface area contributed by atoms with Crippen molar-refractivity contribution >= 4 is 5.78 Å². The second kappa shape index (κ2) is 2.80. The molecule has 1 rings (SSSR count). The first-order chi connectivity index (χ1) is 5.07. The normalized spacial score (nSPS) is 32.0. The van der Waals surface area contributed by atoms with E-state index in [1.54, 1.807) is 6.92 Å². The molecule has 1 atom stereocenters. The number of Topliss-reactive ketones (excluding diaryl/α,β-unsaturated/α-hetero) is 1. The number of rotatable bonds is 1. The Morgan fingerprint density at radius 2 is 2.18 bits per heavy atom. The van der Waals surface area contributed by atoms with Gasteiger partial charge >= 0.3 is 0 Å². The average molecular weight is 152 g/mol. The van der Waals surface area contributed by atoms with E-state index in [2.05, 4.69) is 6.58 Å². The molecule has 0 saturated heterocycles. The first-order valence-electron chi connectivity index (χ1n) is 4.26. The third kappa shape index (κ3) is 1.37. The molecule has 1 nitrogen and oxygen atoms in total. The highest BCUT2D eigenvalue weighted by Gasteiger charge is 2.34. The molecule has 0 aromatic carbocycles. The molecule has 1 saturated carbocycles. The Morgan fingerprint density at radius 1 is 1.55 bits per heavy atom. The van der Waals surface area contributed by atoms with Crippen LogP contribution in [0.25, 0.3) is 0 Å². The van der Waals surface area contributed by atoms with Crippen molar-refractivity contribution in [3.8, 4) is 0 Å². The number of ketones is 1. The Labute approximate surface area is 68.5 Å². The molecule has 0 aliphatic heterocycles. The largest absolute Gasteiger partial charge is 0.299 e. The van der Waals surface area contributed by atoms with Gasteiger partial charge in [-0.25, -0.2) is 0 Å². The number of carbonyl (C=O) groups excluding carboxylic acids is 1. The SMILES string of the molecule is C=C1CCCCC1(C)C(C)=O. The topological polar surface area (TPSA) is 17.1 Å². The molecule has 0 bridgehead atoms. The summed E-state index contributed by atoms with van der Waals surface area (Å²) in [6, 6.07) is 0. The Bertz CT molecular complexity index is 193. The maximum absolute atomic E-state index is 11.3. The summed E-state index contributed by atoms with van der Waals surface area (Å²) in [5, 5.41) is 0. The molecule has 0 amide bonds. The maximum atomic E-state index is 11.3. The van der Waals surface area contributed by atoms with Crippen molar-refractivity contribution in [3.05, 3.63) is 12.2 Å². The minimum absolute atomic E-state index is 0.196. The summed E-state index contributed by atoms with van der Waals surface area (Å²) in [4.78, 5) is 11.3. The molecule has 62 valence electrons. The van der Waals surface area contributed by atoms with Crippen molar-refractivity contribution in [1.82, 2.24) is 0 Å². The predicted octanol–water partition coefficient (Wildman–Crippen LogP) is 2.71. The summed E-state index contributed by atoms with van der Waals surface area (Å²) >= 11 is 0. The van der Waals surface area contributed by atoms with Crippen LogP contribution < -0.4 is 0 Å². The minimum Gasteiger partial charge on any atom is -0.299 e. The number of hydrogen-bond acceptors (Lipinski definition) is 1. The van der Waals surface area contributed by atoms with Gasteiger partial charge in [0.1, 0.15) is 5.78 Å². The zero-order valence-electron chi connectivity index (χ0n) is 7.44. The summed E-state index contributed by atoms with van der Waals surface area (Å²) in [6.07, 6.45) is 4.42. The fourth-order valence-electron chi connectivity index (χ4n) is 1.69. The van der Waals surface area contributed by atoms with Crippen LogP contribution in [0, 0.1) is 5.41 Å². The van der Waals surface area contributed by atoms with Gasteiger partial charge in [0, 0.05) is 5.41 Å². The molecule has 0 radical (unpaired) electrons. The Hall–Kier alpha value is -0.590. The van der Waals surface area contributed by atoms with Gasteiger partial charge < -0.3 is 0 Å². The number of allylic oxidation sites excluding steroid dienone is 1. The Morgan fingerprint density at radius 3 is 2.55 bits per heavy atom. The van der Waals surface area contributed by atoms with Crippen molar-refractivity contribution in [2.24, 2.45) is 5.41 Å². The zero-order chi connectivity index (χ0) is 8.48. The second-order valence-corrected chi connectivity index (χ2v) is 3.70. The van der Waals surface area contributed by atoms with Crippen molar-refractivity contribution in [2.75, 3.05) is 0 Å². The molecule has 11 heavy (non-hydrogen) atoms. The van der Waals surface area contributed by atoms with Crippen LogP contribution in [0.4, 0.5) is 0 Å². The molecule has 1 fully saturated rings. The van der Waals surface area contributed by atoms with E-state index < -0.39 is 0 Å². The van der Waals surface area contributed by atoms with Gasteiger partial charge in [0.15, 0.2) is 0 Å². The fraction of sp³-hybridized carbons (Fsp3) is 0.700. The van der Waals surface area contributed by atoms with Gasteiger partial charge in [-0.2, -0.15) is 0 Å². The summed E-state index contributed by atoms with van der Waals surface area (Å²) in [6.45, 7) is 7.67. The number of carbonyl (C=O) groups is 1. The summed E-state index contributed by atoms with van der Waals surface area (Å²) < 4.78 is 0. The average Bonchev–Trinajstić information content (AvgIpc) is 1.95. The molecule has 1 unspecified atom stereocenters. The fourth-order valence-corrected chi connectivity index (χ4v) is 1.69. The van der Waals surface area contributed by atoms with Crippen molar-refractivity contribution in [2.45, 2.75) is 39.5 Å². The van der Waals surface area contributed by atoms with Gasteiger partial charge in [0.25, 0.3) is 0 Å². The van der Waals surface area contributed by atoms with Crippen LogP contribution in [0.3, 0.4) is 0 Å². The molecule has 0 heterocycles. The van der Waals surface area contributed by atoms with Crippen molar-refractivity contribution in [1.29, 1.82) is 0 Å². The van der Waals surface area contributed by atoms with E-state index in [0.717, 1.165) is 18.4 Å². The monoisotopic (exact) mass is 152 g/mol. The molecule has 1 aliphatic carbocycles. The van der Waals surface area contributed by atoms with E-state index in [9.17, 15) is 4.79 Å². The first kappa shape index (κ1) is 8.51. The molecular weight excluding hydrogens is 136 g/mol. The van der Waals surface area contributed by atoms with Crippen LogP contribution in [0.2, 0.25) is 0 Å². The lowest BCUT2D eigenvalue weighted by molar-refractivity contribution is -0.124. The van der Waals surface area contributed by atoms with Gasteiger partial charge in [-0.15, -0.1) is 0 Å².